The standard InChI is InChI=1S/C15H27N3O2S/c1-3-5-12-21(19,20)18-9-6-14(7-10-18)13-17-11-8-16-15(17)4-2/h8,11,14H,3-7,9-10,12-13H2,1-2H3. The lowest BCUT2D eigenvalue weighted by molar-refractivity contribution is 0.251. The van der Waals surface area contributed by atoms with Crippen molar-refractivity contribution < 1.29 is 8.42 Å². The normalized spacial score (nSPS) is 18.2. The highest BCUT2D eigenvalue weighted by atomic mass is 32.2. The maximum Gasteiger partial charge on any atom is 0.214 e. The maximum atomic E-state index is 12.2. The first-order valence-corrected chi connectivity index (χ1v) is 9.65. The Morgan fingerprint density at radius 2 is 2.00 bits per heavy atom. The zero-order valence-electron chi connectivity index (χ0n) is 13.2. The number of unbranched alkanes of at least 4 members (excludes halogenated alkanes) is 1. The van der Waals surface area contributed by atoms with Gasteiger partial charge >= 0.3 is 0 Å². The van der Waals surface area contributed by atoms with Gasteiger partial charge in [0.1, 0.15) is 5.82 Å². The molecule has 5 nitrogen and oxygen atoms in total. The minimum atomic E-state index is -3.03. The molecule has 0 amide bonds. The molecular formula is C15H27N3O2S. The molecule has 1 fully saturated rings. The summed E-state index contributed by atoms with van der Waals surface area (Å²) in [5.74, 6) is 1.98. The van der Waals surface area contributed by atoms with E-state index in [0.29, 0.717) is 24.8 Å². The monoisotopic (exact) mass is 313 g/mol. The van der Waals surface area contributed by atoms with Gasteiger partial charge < -0.3 is 4.57 Å². The largest absolute Gasteiger partial charge is 0.335 e. The van der Waals surface area contributed by atoms with Crippen LogP contribution in [0.25, 0.3) is 0 Å². The van der Waals surface area contributed by atoms with E-state index in [1.165, 1.54) is 0 Å². The first-order chi connectivity index (χ1) is 10.1. The van der Waals surface area contributed by atoms with E-state index in [2.05, 4.69) is 16.5 Å². The molecular weight excluding hydrogens is 286 g/mol. The number of sulfonamides is 1. The second kappa shape index (κ2) is 7.40. The van der Waals surface area contributed by atoms with Gasteiger partial charge in [-0.1, -0.05) is 20.3 Å². The summed E-state index contributed by atoms with van der Waals surface area (Å²) in [6, 6.07) is 0. The van der Waals surface area contributed by atoms with Gasteiger partial charge in [-0.2, -0.15) is 0 Å². The lowest BCUT2D eigenvalue weighted by Crippen LogP contribution is -2.40. The molecule has 0 aromatic carbocycles. The van der Waals surface area contributed by atoms with Crippen molar-refractivity contribution in [3.05, 3.63) is 18.2 Å². The molecule has 0 radical (unpaired) electrons. The number of rotatable bonds is 7. The van der Waals surface area contributed by atoms with Crippen LogP contribution in [0.5, 0.6) is 0 Å². The molecule has 0 bridgehead atoms. The molecule has 1 aromatic heterocycles. The average molecular weight is 313 g/mol. The maximum absolute atomic E-state index is 12.2. The molecule has 0 atom stereocenters. The van der Waals surface area contributed by atoms with E-state index < -0.39 is 10.0 Å². The Morgan fingerprint density at radius 1 is 1.29 bits per heavy atom. The summed E-state index contributed by atoms with van der Waals surface area (Å²) in [4.78, 5) is 4.34. The number of piperidine rings is 1. The Hall–Kier alpha value is -0.880. The van der Waals surface area contributed by atoms with Crippen LogP contribution in [-0.2, 0) is 23.0 Å². The van der Waals surface area contributed by atoms with Crippen molar-refractivity contribution in [1.29, 1.82) is 0 Å². The molecule has 0 unspecified atom stereocenters. The highest BCUT2D eigenvalue weighted by Crippen LogP contribution is 2.22. The second-order valence-electron chi connectivity index (χ2n) is 5.86. The Morgan fingerprint density at radius 3 is 2.62 bits per heavy atom. The van der Waals surface area contributed by atoms with Crippen molar-refractivity contribution >= 4 is 10.0 Å². The average Bonchev–Trinajstić information content (AvgIpc) is 2.93. The molecule has 2 rings (SSSR count). The molecule has 6 heteroatoms. The predicted octanol–water partition coefficient (Wildman–Crippen LogP) is 2.29. The first kappa shape index (κ1) is 16.5. The lowest BCUT2D eigenvalue weighted by atomic mass is 9.98. The van der Waals surface area contributed by atoms with Crippen LogP contribution in [0.3, 0.4) is 0 Å². The van der Waals surface area contributed by atoms with Gasteiger partial charge in [0.15, 0.2) is 0 Å². The van der Waals surface area contributed by atoms with Gasteiger partial charge in [0, 0.05) is 38.4 Å². The minimum Gasteiger partial charge on any atom is -0.335 e. The number of aromatic nitrogens is 2. The quantitative estimate of drug-likeness (QED) is 0.776. The van der Waals surface area contributed by atoms with Crippen LogP contribution in [0, 0.1) is 5.92 Å². The van der Waals surface area contributed by atoms with Crippen molar-refractivity contribution in [1.82, 2.24) is 13.9 Å². The smallest absolute Gasteiger partial charge is 0.214 e. The highest BCUT2D eigenvalue weighted by molar-refractivity contribution is 7.89. The van der Waals surface area contributed by atoms with Gasteiger partial charge in [0.25, 0.3) is 0 Å². The lowest BCUT2D eigenvalue weighted by Gasteiger charge is -2.31. The highest BCUT2D eigenvalue weighted by Gasteiger charge is 2.27. The molecule has 1 aliphatic heterocycles. The summed E-state index contributed by atoms with van der Waals surface area (Å²) in [7, 11) is -3.03. The summed E-state index contributed by atoms with van der Waals surface area (Å²) in [5.41, 5.74) is 0. The zero-order valence-corrected chi connectivity index (χ0v) is 14.0. The van der Waals surface area contributed by atoms with Crippen molar-refractivity contribution in [2.75, 3.05) is 18.8 Å². The Kier molecular flexibility index (Phi) is 5.81. The van der Waals surface area contributed by atoms with Crippen molar-refractivity contribution in [3.8, 4) is 0 Å². The Bertz CT molecular complexity index is 531. The van der Waals surface area contributed by atoms with Crippen LogP contribution < -0.4 is 0 Å². The van der Waals surface area contributed by atoms with Crippen LogP contribution in [0.2, 0.25) is 0 Å². The van der Waals surface area contributed by atoms with E-state index in [1.54, 1.807) is 4.31 Å². The number of hydrogen-bond donors (Lipinski definition) is 0. The molecule has 21 heavy (non-hydrogen) atoms. The molecule has 1 aromatic rings. The van der Waals surface area contributed by atoms with Crippen LogP contribution in [0.1, 0.15) is 45.4 Å². The summed E-state index contributed by atoms with van der Waals surface area (Å²) in [5, 5.41) is 0. The van der Waals surface area contributed by atoms with Gasteiger partial charge in [-0.25, -0.2) is 17.7 Å². The van der Waals surface area contributed by atoms with Crippen LogP contribution in [-0.4, -0.2) is 41.1 Å². The minimum absolute atomic E-state index is 0.301. The fourth-order valence-electron chi connectivity index (χ4n) is 2.92. The van der Waals surface area contributed by atoms with E-state index in [9.17, 15) is 8.42 Å². The SMILES string of the molecule is CCCCS(=O)(=O)N1CCC(Cn2ccnc2CC)CC1. The fourth-order valence-corrected chi connectivity index (χ4v) is 4.60. The summed E-state index contributed by atoms with van der Waals surface area (Å²) < 4.78 is 28.3. The predicted molar refractivity (Wildman–Crippen MR) is 84.6 cm³/mol. The first-order valence-electron chi connectivity index (χ1n) is 8.04. The third-order valence-corrected chi connectivity index (χ3v) is 6.25. The van der Waals surface area contributed by atoms with Crippen LogP contribution in [0.4, 0.5) is 0 Å². The summed E-state index contributed by atoms with van der Waals surface area (Å²) >= 11 is 0. The van der Waals surface area contributed by atoms with Crippen LogP contribution in [0.15, 0.2) is 12.4 Å². The Balaban J connectivity index is 1.86. The van der Waals surface area contributed by atoms with E-state index in [1.807, 2.05) is 19.3 Å². The fraction of sp³-hybridized carbons (Fsp3) is 0.800. The zero-order chi connectivity index (χ0) is 15.3. The molecule has 0 N–H and O–H groups in total. The number of nitrogens with zero attached hydrogens (tertiary/aromatic N) is 3. The van der Waals surface area contributed by atoms with E-state index in [4.69, 9.17) is 0 Å². The van der Waals surface area contributed by atoms with Gasteiger partial charge in [0.05, 0.1) is 5.75 Å². The number of hydrogen-bond acceptors (Lipinski definition) is 3. The van der Waals surface area contributed by atoms with Gasteiger partial charge in [-0.05, 0) is 25.2 Å². The van der Waals surface area contributed by atoms with Crippen molar-refractivity contribution in [2.45, 2.75) is 52.5 Å². The Labute approximate surface area is 128 Å². The molecule has 120 valence electrons. The van der Waals surface area contributed by atoms with Crippen LogP contribution >= 0.6 is 0 Å². The van der Waals surface area contributed by atoms with Gasteiger partial charge in [0.2, 0.25) is 10.0 Å². The molecule has 2 heterocycles. The molecule has 0 spiro atoms. The van der Waals surface area contributed by atoms with E-state index in [-0.39, 0.29) is 0 Å². The molecule has 1 saturated heterocycles. The summed E-state index contributed by atoms with van der Waals surface area (Å²) in [6.07, 6.45) is 8.41. The van der Waals surface area contributed by atoms with Gasteiger partial charge in [-0.3, -0.25) is 0 Å². The number of aryl methyl sites for hydroxylation is 1. The van der Waals surface area contributed by atoms with Crippen molar-refractivity contribution in [2.24, 2.45) is 5.92 Å². The molecule has 1 aliphatic rings. The van der Waals surface area contributed by atoms with E-state index >= 15 is 0 Å². The second-order valence-corrected chi connectivity index (χ2v) is 7.95. The third kappa shape index (κ3) is 4.30. The topological polar surface area (TPSA) is 55.2 Å². The van der Waals surface area contributed by atoms with Crippen molar-refractivity contribution in [3.63, 3.8) is 0 Å². The number of imidazole rings is 1. The molecule has 0 saturated carbocycles. The van der Waals surface area contributed by atoms with Gasteiger partial charge in [-0.15, -0.1) is 0 Å². The molecule has 0 aliphatic carbocycles. The van der Waals surface area contributed by atoms with E-state index in [0.717, 1.165) is 44.5 Å². The summed E-state index contributed by atoms with van der Waals surface area (Å²) in [6.45, 7) is 6.45. The third-order valence-electron chi connectivity index (χ3n) is 4.30.